The van der Waals surface area contributed by atoms with E-state index in [1.165, 1.54) is 5.56 Å². The van der Waals surface area contributed by atoms with Crippen molar-refractivity contribution >= 4 is 23.0 Å². The molecule has 0 aliphatic heterocycles. The topological polar surface area (TPSA) is 24.1 Å². The van der Waals surface area contributed by atoms with Crippen molar-refractivity contribution in [2.45, 2.75) is 19.8 Å². The maximum Gasteiger partial charge on any atom is 0.170 e. The van der Waals surface area contributed by atoms with Gasteiger partial charge in [0.05, 0.1) is 0 Å². The molecule has 0 atom stereocenters. The Hall–Kier alpha value is -1.09. The van der Waals surface area contributed by atoms with Gasteiger partial charge in [-0.15, -0.1) is 0 Å². The molecule has 0 unspecified atom stereocenters. The Bertz CT molecular complexity index is 321. The minimum atomic E-state index is 0.498. The molecule has 2 nitrogen and oxygen atoms in total. The number of anilines is 1. The fourth-order valence-corrected chi connectivity index (χ4v) is 1.41. The van der Waals surface area contributed by atoms with Gasteiger partial charge >= 0.3 is 0 Å². The Balaban J connectivity index is 2.90. The van der Waals surface area contributed by atoms with Gasteiger partial charge in [-0.2, -0.15) is 0 Å². The van der Waals surface area contributed by atoms with Crippen LogP contribution in [0, 0.1) is 0 Å². The molecule has 3 heteroatoms. The molecule has 14 heavy (non-hydrogen) atoms. The van der Waals surface area contributed by atoms with Gasteiger partial charge in [-0.3, -0.25) is 0 Å². The zero-order valence-corrected chi connectivity index (χ0v) is 9.61. The summed E-state index contributed by atoms with van der Waals surface area (Å²) in [6, 6.07) is 8.21. The van der Waals surface area contributed by atoms with Crippen LogP contribution in [0.1, 0.15) is 25.3 Å². The zero-order valence-electron chi connectivity index (χ0n) is 8.79. The van der Waals surface area contributed by atoms with E-state index >= 15 is 0 Å². The summed E-state index contributed by atoms with van der Waals surface area (Å²) in [4.78, 5) is 0. The van der Waals surface area contributed by atoms with Gasteiger partial charge in [-0.1, -0.05) is 32.0 Å². The Labute approximate surface area is 90.7 Å². The first-order valence-corrected chi connectivity index (χ1v) is 5.13. The van der Waals surface area contributed by atoms with Crippen LogP contribution in [0.15, 0.2) is 24.3 Å². The quantitative estimate of drug-likeness (QED) is 0.731. The molecule has 0 saturated heterocycles. The summed E-state index contributed by atoms with van der Waals surface area (Å²) in [6.07, 6.45) is 0. The van der Waals surface area contributed by atoms with Crippen LogP contribution in [0.25, 0.3) is 0 Å². The van der Waals surface area contributed by atoms with Crippen LogP contribution in [0.5, 0.6) is 0 Å². The van der Waals surface area contributed by atoms with E-state index in [1.54, 1.807) is 0 Å². The van der Waals surface area contributed by atoms with Crippen LogP contribution in [-0.4, -0.2) is 12.2 Å². The Morgan fingerprint density at radius 1 is 1.29 bits per heavy atom. The lowest BCUT2D eigenvalue weighted by Gasteiger charge is -2.14. The van der Waals surface area contributed by atoms with Gasteiger partial charge in [0.25, 0.3) is 0 Å². The molecule has 0 aliphatic carbocycles. The van der Waals surface area contributed by atoms with E-state index in [1.807, 2.05) is 25.2 Å². The van der Waals surface area contributed by atoms with Crippen molar-refractivity contribution in [3.8, 4) is 0 Å². The Morgan fingerprint density at radius 3 is 2.50 bits per heavy atom. The van der Waals surface area contributed by atoms with Crippen LogP contribution < -0.4 is 10.6 Å². The van der Waals surface area contributed by atoms with Crippen LogP contribution >= 0.6 is 12.2 Å². The molecule has 1 aromatic rings. The molecule has 0 fully saturated rings. The van der Waals surface area contributed by atoms with Crippen LogP contribution in [0.2, 0.25) is 0 Å². The van der Waals surface area contributed by atoms with Crippen molar-refractivity contribution in [1.82, 2.24) is 5.32 Å². The molecule has 0 saturated carbocycles. The van der Waals surface area contributed by atoms with Gasteiger partial charge in [0, 0.05) is 12.7 Å². The molecule has 0 aromatic heterocycles. The second kappa shape index (κ2) is 4.96. The second-order valence-corrected chi connectivity index (χ2v) is 3.85. The van der Waals surface area contributed by atoms with E-state index in [4.69, 9.17) is 12.2 Å². The van der Waals surface area contributed by atoms with E-state index < -0.39 is 0 Å². The summed E-state index contributed by atoms with van der Waals surface area (Å²) in [5.41, 5.74) is 2.37. The average Bonchev–Trinajstić information content (AvgIpc) is 2.18. The van der Waals surface area contributed by atoms with Gasteiger partial charge in [0.2, 0.25) is 0 Å². The highest BCUT2D eigenvalue weighted by Gasteiger charge is 2.05. The fraction of sp³-hybridized carbons (Fsp3) is 0.364. The van der Waals surface area contributed by atoms with Crippen LogP contribution in [0.3, 0.4) is 0 Å². The van der Waals surface area contributed by atoms with Gasteiger partial charge in [0.1, 0.15) is 0 Å². The summed E-state index contributed by atoms with van der Waals surface area (Å²) >= 11 is 5.06. The van der Waals surface area contributed by atoms with E-state index in [9.17, 15) is 0 Å². The lowest BCUT2D eigenvalue weighted by molar-refractivity contribution is 0.869. The maximum atomic E-state index is 5.06. The first-order chi connectivity index (χ1) is 6.65. The predicted octanol–water partition coefficient (Wildman–Crippen LogP) is 2.73. The normalized spacial score (nSPS) is 10.0. The fourth-order valence-electron chi connectivity index (χ4n) is 1.30. The van der Waals surface area contributed by atoms with E-state index in [0.717, 1.165) is 5.69 Å². The number of thiocarbonyl (C=S) groups is 1. The lowest BCUT2D eigenvalue weighted by atomic mass is 10.0. The van der Waals surface area contributed by atoms with Gasteiger partial charge in [-0.05, 0) is 29.8 Å². The molecule has 0 amide bonds. The number of hydrogen-bond acceptors (Lipinski definition) is 1. The van der Waals surface area contributed by atoms with Crippen LogP contribution in [-0.2, 0) is 0 Å². The van der Waals surface area contributed by atoms with Gasteiger partial charge in [0.15, 0.2) is 5.11 Å². The minimum Gasteiger partial charge on any atom is -0.366 e. The third-order valence-electron chi connectivity index (χ3n) is 2.06. The first kappa shape index (κ1) is 11.0. The Kier molecular flexibility index (Phi) is 3.89. The molecule has 1 aromatic carbocycles. The summed E-state index contributed by atoms with van der Waals surface area (Å²) in [7, 11) is 1.81. The predicted molar refractivity (Wildman–Crippen MR) is 65.8 cm³/mol. The standard InChI is InChI=1S/C11H16N2S/c1-8(2)9-6-4-5-7-10(9)13-11(14)12-3/h4-8H,1-3H3,(H2,12,13,14). The van der Waals surface area contributed by atoms with E-state index in [2.05, 4.69) is 30.5 Å². The summed E-state index contributed by atoms with van der Waals surface area (Å²) in [6.45, 7) is 4.34. The summed E-state index contributed by atoms with van der Waals surface area (Å²) in [5.74, 6) is 0.498. The van der Waals surface area contributed by atoms with Crippen molar-refractivity contribution < 1.29 is 0 Å². The lowest BCUT2D eigenvalue weighted by Crippen LogP contribution is -2.24. The van der Waals surface area contributed by atoms with Gasteiger partial charge < -0.3 is 10.6 Å². The van der Waals surface area contributed by atoms with E-state index in [0.29, 0.717) is 11.0 Å². The molecular weight excluding hydrogens is 192 g/mol. The van der Waals surface area contributed by atoms with Crippen molar-refractivity contribution in [2.24, 2.45) is 0 Å². The number of benzene rings is 1. The van der Waals surface area contributed by atoms with Crippen molar-refractivity contribution in [3.05, 3.63) is 29.8 Å². The highest BCUT2D eigenvalue weighted by Crippen LogP contribution is 2.23. The smallest absolute Gasteiger partial charge is 0.170 e. The maximum absolute atomic E-state index is 5.06. The van der Waals surface area contributed by atoms with Gasteiger partial charge in [-0.25, -0.2) is 0 Å². The summed E-state index contributed by atoms with van der Waals surface area (Å²) < 4.78 is 0. The zero-order chi connectivity index (χ0) is 10.6. The minimum absolute atomic E-state index is 0.498. The number of rotatable bonds is 2. The molecule has 76 valence electrons. The van der Waals surface area contributed by atoms with Crippen LogP contribution in [0.4, 0.5) is 5.69 Å². The largest absolute Gasteiger partial charge is 0.366 e. The summed E-state index contributed by atoms with van der Waals surface area (Å²) in [5, 5.41) is 6.71. The Morgan fingerprint density at radius 2 is 1.93 bits per heavy atom. The number of hydrogen-bond donors (Lipinski definition) is 2. The molecule has 0 spiro atoms. The van der Waals surface area contributed by atoms with Crippen molar-refractivity contribution in [1.29, 1.82) is 0 Å². The highest BCUT2D eigenvalue weighted by molar-refractivity contribution is 7.80. The molecule has 0 heterocycles. The third kappa shape index (κ3) is 2.70. The highest BCUT2D eigenvalue weighted by atomic mass is 32.1. The first-order valence-electron chi connectivity index (χ1n) is 4.72. The van der Waals surface area contributed by atoms with Crippen molar-refractivity contribution in [3.63, 3.8) is 0 Å². The SMILES string of the molecule is CNC(=S)Nc1ccccc1C(C)C. The molecule has 0 bridgehead atoms. The molecule has 1 rings (SSSR count). The number of nitrogens with one attached hydrogen (secondary N) is 2. The monoisotopic (exact) mass is 208 g/mol. The second-order valence-electron chi connectivity index (χ2n) is 3.45. The van der Waals surface area contributed by atoms with Crippen molar-refractivity contribution in [2.75, 3.05) is 12.4 Å². The third-order valence-corrected chi connectivity index (χ3v) is 2.36. The molecule has 0 radical (unpaired) electrons. The molecule has 2 N–H and O–H groups in total. The molecular formula is C11H16N2S. The molecule has 0 aliphatic rings. The average molecular weight is 208 g/mol. The number of para-hydroxylation sites is 1. The van der Waals surface area contributed by atoms with E-state index in [-0.39, 0.29) is 0 Å².